The first-order valence-electron chi connectivity index (χ1n) is 10.7. The second kappa shape index (κ2) is 10.9. The third-order valence-corrected chi connectivity index (χ3v) is 5.22. The van der Waals surface area contributed by atoms with Gasteiger partial charge in [-0.15, -0.1) is 0 Å². The lowest BCUT2D eigenvalue weighted by atomic mass is 9.99. The van der Waals surface area contributed by atoms with E-state index in [9.17, 15) is 13.2 Å². The highest BCUT2D eigenvalue weighted by Crippen LogP contribution is 2.32. The van der Waals surface area contributed by atoms with Crippen molar-refractivity contribution in [3.63, 3.8) is 0 Å². The normalized spacial score (nSPS) is 12.4. The van der Waals surface area contributed by atoms with Crippen LogP contribution in [0.3, 0.4) is 0 Å². The summed E-state index contributed by atoms with van der Waals surface area (Å²) >= 11 is 0. The van der Waals surface area contributed by atoms with Crippen molar-refractivity contribution in [1.29, 1.82) is 0 Å². The molecule has 0 saturated heterocycles. The summed E-state index contributed by atoms with van der Waals surface area (Å²) in [7, 11) is 0. The van der Waals surface area contributed by atoms with Crippen molar-refractivity contribution >= 4 is 22.4 Å². The lowest BCUT2D eigenvalue weighted by molar-refractivity contribution is 0.362. The van der Waals surface area contributed by atoms with E-state index in [-0.39, 0.29) is 16.9 Å². The molecular formula is C27H27F3O. The fraction of sp³-hybridized carbons (Fsp3) is 0.259. The number of ether oxygens (including phenoxy) is 1. The predicted octanol–water partition coefficient (Wildman–Crippen LogP) is 8.43. The summed E-state index contributed by atoms with van der Waals surface area (Å²) in [6, 6.07) is 14.1. The molecule has 3 aromatic rings. The number of fused-ring (bicyclic) bond motifs is 1. The van der Waals surface area contributed by atoms with Gasteiger partial charge < -0.3 is 4.74 Å². The second-order valence-corrected chi connectivity index (χ2v) is 7.46. The molecule has 0 radical (unpaired) electrons. The van der Waals surface area contributed by atoms with Crippen molar-refractivity contribution in [3.05, 3.63) is 89.3 Å². The van der Waals surface area contributed by atoms with E-state index >= 15 is 0 Å². The average Bonchev–Trinajstić information content (AvgIpc) is 2.80. The zero-order valence-corrected chi connectivity index (χ0v) is 17.9. The third-order valence-electron chi connectivity index (χ3n) is 5.22. The van der Waals surface area contributed by atoms with Gasteiger partial charge in [0.1, 0.15) is 18.2 Å². The molecule has 3 rings (SSSR count). The zero-order valence-electron chi connectivity index (χ0n) is 17.9. The maximum Gasteiger partial charge on any atom is 0.166 e. The van der Waals surface area contributed by atoms with Crippen molar-refractivity contribution in [3.8, 4) is 5.75 Å². The van der Waals surface area contributed by atoms with Gasteiger partial charge >= 0.3 is 0 Å². The summed E-state index contributed by atoms with van der Waals surface area (Å²) in [6.07, 6.45) is 7.45. The summed E-state index contributed by atoms with van der Waals surface area (Å²) in [5, 5.41) is 0.971. The largest absolute Gasteiger partial charge is 0.490 e. The Morgan fingerprint density at radius 1 is 0.903 bits per heavy atom. The molecule has 0 saturated carbocycles. The van der Waals surface area contributed by atoms with Gasteiger partial charge in [-0.05, 0) is 61.0 Å². The van der Waals surface area contributed by atoms with Crippen LogP contribution in [-0.4, -0.2) is 6.61 Å². The molecule has 0 aliphatic carbocycles. The third kappa shape index (κ3) is 5.57. The number of hydrogen-bond acceptors (Lipinski definition) is 1. The van der Waals surface area contributed by atoms with Crippen LogP contribution < -0.4 is 4.74 Å². The Kier molecular flexibility index (Phi) is 7.94. The molecule has 0 spiro atoms. The van der Waals surface area contributed by atoms with Gasteiger partial charge in [-0.3, -0.25) is 0 Å². The fourth-order valence-corrected chi connectivity index (χ4v) is 3.42. The molecule has 162 valence electrons. The minimum Gasteiger partial charge on any atom is -0.490 e. The number of rotatable bonds is 9. The number of aryl methyl sites for hydroxylation is 1. The Balaban J connectivity index is 1.84. The van der Waals surface area contributed by atoms with Crippen molar-refractivity contribution in [2.45, 2.75) is 39.5 Å². The molecule has 0 aromatic heterocycles. The summed E-state index contributed by atoms with van der Waals surface area (Å²) in [6.45, 7) is 4.41. The molecule has 4 heteroatoms. The van der Waals surface area contributed by atoms with Gasteiger partial charge in [-0.25, -0.2) is 13.2 Å². The smallest absolute Gasteiger partial charge is 0.166 e. The van der Waals surface area contributed by atoms with Crippen LogP contribution in [0.1, 0.15) is 49.8 Å². The highest BCUT2D eigenvalue weighted by Gasteiger charge is 2.14. The molecule has 31 heavy (non-hydrogen) atoms. The minimum absolute atomic E-state index is 0.0801. The SMILES string of the molecule is CC=CCOc1ccc(C(F)=C(F)c2ccc3c(F)c(CCCCC)ccc3c2)cc1. The van der Waals surface area contributed by atoms with Gasteiger partial charge in [0.2, 0.25) is 0 Å². The Labute approximate surface area is 181 Å². The first-order chi connectivity index (χ1) is 15.0. The molecule has 0 amide bonds. The monoisotopic (exact) mass is 424 g/mol. The zero-order chi connectivity index (χ0) is 22.2. The summed E-state index contributed by atoms with van der Waals surface area (Å²) in [5.74, 6) is -1.64. The maximum absolute atomic E-state index is 14.8. The molecule has 0 heterocycles. The van der Waals surface area contributed by atoms with Crippen LogP contribution in [0, 0.1) is 5.82 Å². The first-order valence-corrected chi connectivity index (χ1v) is 10.7. The van der Waals surface area contributed by atoms with E-state index in [1.165, 1.54) is 30.3 Å². The second-order valence-electron chi connectivity index (χ2n) is 7.46. The lowest BCUT2D eigenvalue weighted by Crippen LogP contribution is -1.94. The average molecular weight is 425 g/mol. The standard InChI is InChI=1S/C27H27F3O/c1-3-5-7-8-19-9-10-21-18-22(13-16-24(21)25(19)28)27(30)26(29)20-11-14-23(15-12-20)31-17-6-4-2/h4,6,9-16,18H,3,5,7-8,17H2,1-2H3. The number of benzene rings is 3. The Hall–Kier alpha value is -3.01. The van der Waals surface area contributed by atoms with Gasteiger partial charge in [0.25, 0.3) is 0 Å². The highest BCUT2D eigenvalue weighted by molar-refractivity contribution is 5.90. The van der Waals surface area contributed by atoms with E-state index in [1.54, 1.807) is 24.3 Å². The summed E-state index contributed by atoms with van der Waals surface area (Å²) < 4.78 is 49.9. The van der Waals surface area contributed by atoms with Crippen LogP contribution in [-0.2, 0) is 6.42 Å². The van der Waals surface area contributed by atoms with Crippen LogP contribution in [0.2, 0.25) is 0 Å². The Morgan fingerprint density at radius 3 is 2.32 bits per heavy atom. The molecule has 0 unspecified atom stereocenters. The molecule has 0 N–H and O–H groups in total. The van der Waals surface area contributed by atoms with Crippen molar-refractivity contribution in [1.82, 2.24) is 0 Å². The molecule has 0 bridgehead atoms. The van der Waals surface area contributed by atoms with Crippen LogP contribution in [0.25, 0.3) is 22.4 Å². The highest BCUT2D eigenvalue weighted by atomic mass is 19.2. The van der Waals surface area contributed by atoms with E-state index in [2.05, 4.69) is 6.92 Å². The Morgan fingerprint density at radius 2 is 1.61 bits per heavy atom. The quantitative estimate of drug-likeness (QED) is 0.190. The van der Waals surface area contributed by atoms with Crippen LogP contribution in [0.4, 0.5) is 13.2 Å². The predicted molar refractivity (Wildman–Crippen MR) is 123 cm³/mol. The van der Waals surface area contributed by atoms with Crippen molar-refractivity contribution in [2.24, 2.45) is 0 Å². The van der Waals surface area contributed by atoms with Crippen LogP contribution in [0.5, 0.6) is 5.75 Å². The minimum atomic E-state index is -0.975. The number of allylic oxidation sites excluding steroid dienone is 1. The maximum atomic E-state index is 14.8. The van der Waals surface area contributed by atoms with E-state index in [0.29, 0.717) is 35.1 Å². The van der Waals surface area contributed by atoms with E-state index in [0.717, 1.165) is 19.3 Å². The molecule has 0 atom stereocenters. The van der Waals surface area contributed by atoms with Crippen LogP contribution in [0.15, 0.2) is 66.7 Å². The Bertz CT molecular complexity index is 1080. The number of unbranched alkanes of at least 4 members (excludes halogenated alkanes) is 2. The molecule has 1 nitrogen and oxygen atoms in total. The van der Waals surface area contributed by atoms with Crippen molar-refractivity contribution in [2.75, 3.05) is 6.61 Å². The fourth-order valence-electron chi connectivity index (χ4n) is 3.42. The van der Waals surface area contributed by atoms with Crippen molar-refractivity contribution < 1.29 is 17.9 Å². The number of hydrogen-bond donors (Lipinski definition) is 0. The van der Waals surface area contributed by atoms with Gasteiger partial charge in [0.05, 0.1) is 0 Å². The van der Waals surface area contributed by atoms with Gasteiger partial charge in [-0.2, -0.15) is 0 Å². The van der Waals surface area contributed by atoms with E-state index < -0.39 is 11.7 Å². The molecule has 0 aliphatic rings. The lowest BCUT2D eigenvalue weighted by Gasteiger charge is -2.09. The van der Waals surface area contributed by atoms with Gasteiger partial charge in [0, 0.05) is 16.5 Å². The molecular weight excluding hydrogens is 397 g/mol. The van der Waals surface area contributed by atoms with E-state index in [4.69, 9.17) is 4.74 Å². The molecule has 3 aromatic carbocycles. The first kappa shape index (κ1) is 22.7. The van der Waals surface area contributed by atoms with Crippen LogP contribution >= 0.6 is 0 Å². The summed E-state index contributed by atoms with van der Waals surface area (Å²) in [4.78, 5) is 0. The van der Waals surface area contributed by atoms with Gasteiger partial charge in [-0.1, -0.05) is 56.2 Å². The number of halogens is 3. The van der Waals surface area contributed by atoms with Gasteiger partial charge in [0.15, 0.2) is 11.7 Å². The van der Waals surface area contributed by atoms with E-state index in [1.807, 2.05) is 19.1 Å². The molecule has 0 aliphatic heterocycles. The topological polar surface area (TPSA) is 9.23 Å². The summed E-state index contributed by atoms with van der Waals surface area (Å²) in [5.41, 5.74) is 0.859. The molecule has 0 fully saturated rings.